The third kappa shape index (κ3) is 5.14. The Morgan fingerprint density at radius 2 is 1.36 bits per heavy atom. The van der Waals surface area contributed by atoms with Gasteiger partial charge in [-0.25, -0.2) is 0 Å². The molecule has 0 aliphatic rings. The molecule has 0 heterocycles. The standard InChI is InChI=1S/C10H25N2Si.Sn/c1-9(2,3)11-13(7,8)12-10(4,5)6;/h11H,1-8H3;/q-1;+2. The van der Waals surface area contributed by atoms with Gasteiger partial charge in [-0.1, -0.05) is 0 Å². The molecule has 82 valence electrons. The van der Waals surface area contributed by atoms with Crippen LogP contribution in [0.2, 0.25) is 13.1 Å². The molecule has 0 spiro atoms. The summed E-state index contributed by atoms with van der Waals surface area (Å²) in [7, 11) is -1.45. The van der Waals surface area contributed by atoms with Gasteiger partial charge in [0.1, 0.15) is 0 Å². The van der Waals surface area contributed by atoms with E-state index < -0.39 is 8.40 Å². The molecule has 2 radical (unpaired) electrons. The van der Waals surface area contributed by atoms with Crippen molar-refractivity contribution in [2.45, 2.75) is 65.7 Å². The summed E-state index contributed by atoms with van der Waals surface area (Å²) < 4.78 is 2.60. The molecule has 0 aliphatic heterocycles. The fourth-order valence-electron chi connectivity index (χ4n) is 1.81. The predicted molar refractivity (Wildman–Crippen MR) is 67.7 cm³/mol. The van der Waals surface area contributed by atoms with Crippen molar-refractivity contribution in [2.24, 2.45) is 0 Å². The van der Waals surface area contributed by atoms with Crippen molar-refractivity contribution < 1.29 is 0 Å². The van der Waals surface area contributed by atoms with Crippen LogP contribution in [0.3, 0.4) is 0 Å². The number of nitrogens with zero attached hydrogens (tertiary/aromatic N) is 1. The summed E-state index contributed by atoms with van der Waals surface area (Å²) in [6.45, 7) is 18.4. The molecule has 0 saturated heterocycles. The second kappa shape index (κ2) is 4.43. The van der Waals surface area contributed by atoms with Crippen LogP contribution in [-0.2, 0) is 0 Å². The molecule has 14 heavy (non-hydrogen) atoms. The van der Waals surface area contributed by atoms with Crippen LogP contribution in [0.4, 0.5) is 0 Å². The van der Waals surface area contributed by atoms with E-state index in [0.29, 0.717) is 0 Å². The van der Waals surface area contributed by atoms with E-state index in [1.54, 1.807) is 0 Å². The fraction of sp³-hybridized carbons (Fsp3) is 1.00. The van der Waals surface area contributed by atoms with E-state index in [4.69, 9.17) is 0 Å². The zero-order chi connectivity index (χ0) is 11.8. The van der Waals surface area contributed by atoms with Crippen molar-refractivity contribution >= 4 is 31.2 Å². The SMILES string of the molecule is CC(C)(C)N[Si](C)(C)[N]([Sn+])C(C)(C)C. The summed E-state index contributed by atoms with van der Waals surface area (Å²) in [6.07, 6.45) is 0. The Hall–Kier alpha value is 0.936. The Morgan fingerprint density at radius 1 is 1.00 bits per heavy atom. The van der Waals surface area contributed by atoms with Crippen LogP contribution in [0, 0.1) is 0 Å². The summed E-state index contributed by atoms with van der Waals surface area (Å²) in [5.74, 6) is 0. The van der Waals surface area contributed by atoms with Crippen LogP contribution in [0.5, 0.6) is 0 Å². The van der Waals surface area contributed by atoms with Gasteiger partial charge in [-0.2, -0.15) is 0 Å². The fourth-order valence-corrected chi connectivity index (χ4v) is 5.92. The Kier molecular flexibility index (Phi) is 4.73. The average Bonchev–Trinajstić information content (AvgIpc) is 1.78. The molecule has 2 nitrogen and oxygen atoms in total. The minimum atomic E-state index is -1.45. The van der Waals surface area contributed by atoms with Gasteiger partial charge >= 0.3 is 105 Å². The molecular weight excluding hydrogens is 295 g/mol. The van der Waals surface area contributed by atoms with Gasteiger partial charge in [0.2, 0.25) is 0 Å². The molecule has 0 saturated carbocycles. The average molecular weight is 320 g/mol. The summed E-state index contributed by atoms with van der Waals surface area (Å²) in [6, 6.07) is 0. The van der Waals surface area contributed by atoms with Gasteiger partial charge in [-0.15, -0.1) is 0 Å². The molecule has 0 atom stereocenters. The number of hydrogen-bond donors (Lipinski definition) is 1. The molecule has 0 aromatic carbocycles. The van der Waals surface area contributed by atoms with Gasteiger partial charge in [0, 0.05) is 0 Å². The Balaban J connectivity index is 4.63. The van der Waals surface area contributed by atoms with E-state index in [9.17, 15) is 0 Å². The third-order valence-electron chi connectivity index (χ3n) is 1.91. The summed E-state index contributed by atoms with van der Waals surface area (Å²) in [5.41, 5.74) is 0.502. The molecule has 0 aromatic heterocycles. The first-order valence-corrected chi connectivity index (χ1v) is 9.39. The molecule has 1 N–H and O–H groups in total. The summed E-state index contributed by atoms with van der Waals surface area (Å²) in [5, 5.41) is 0. The first-order valence-electron chi connectivity index (χ1n) is 5.17. The van der Waals surface area contributed by atoms with E-state index >= 15 is 0 Å². The molecule has 0 rings (SSSR count). The van der Waals surface area contributed by atoms with Crippen LogP contribution in [0.25, 0.3) is 0 Å². The second-order valence-corrected chi connectivity index (χ2v) is 12.8. The van der Waals surface area contributed by atoms with Crippen LogP contribution in [-0.4, -0.2) is 45.1 Å². The van der Waals surface area contributed by atoms with Gasteiger partial charge in [0.05, 0.1) is 0 Å². The topological polar surface area (TPSA) is 15.3 Å². The van der Waals surface area contributed by atoms with Crippen molar-refractivity contribution in [3.05, 3.63) is 0 Å². The third-order valence-corrected chi connectivity index (χ3v) is 11.8. The molecule has 0 amide bonds. The first kappa shape index (κ1) is 14.9. The van der Waals surface area contributed by atoms with E-state index in [0.717, 1.165) is 0 Å². The minimum absolute atomic E-state index is 0.218. The molecule has 4 heteroatoms. The number of rotatable bonds is 2. The maximum atomic E-state index is 3.79. The molecular formula is C10H25N2SiSn+. The van der Waals surface area contributed by atoms with Crippen LogP contribution in [0.1, 0.15) is 41.5 Å². The molecule has 0 bridgehead atoms. The zero-order valence-corrected chi connectivity index (χ0v) is 14.8. The molecule has 0 unspecified atom stereocenters. The van der Waals surface area contributed by atoms with Gasteiger partial charge < -0.3 is 0 Å². The second-order valence-electron chi connectivity index (χ2n) is 6.44. The van der Waals surface area contributed by atoms with Gasteiger partial charge in [-0.05, 0) is 0 Å². The molecule has 0 fully saturated rings. The van der Waals surface area contributed by atoms with Crippen LogP contribution >= 0.6 is 0 Å². The van der Waals surface area contributed by atoms with E-state index in [-0.39, 0.29) is 11.1 Å². The quantitative estimate of drug-likeness (QED) is 0.785. The van der Waals surface area contributed by atoms with Crippen molar-refractivity contribution in [3.8, 4) is 0 Å². The summed E-state index contributed by atoms with van der Waals surface area (Å²) >= 11 is 1.52. The van der Waals surface area contributed by atoms with E-state index in [2.05, 4.69) is 62.4 Å². The number of nitrogens with one attached hydrogen (secondary N) is 1. The van der Waals surface area contributed by atoms with E-state index in [1.165, 1.54) is 22.8 Å². The van der Waals surface area contributed by atoms with Crippen molar-refractivity contribution in [2.75, 3.05) is 0 Å². The van der Waals surface area contributed by atoms with Crippen LogP contribution in [0.15, 0.2) is 0 Å². The predicted octanol–water partition coefficient (Wildman–Crippen LogP) is 2.26. The van der Waals surface area contributed by atoms with Gasteiger partial charge in [0.25, 0.3) is 0 Å². The zero-order valence-electron chi connectivity index (χ0n) is 10.9. The van der Waals surface area contributed by atoms with E-state index in [1.807, 2.05) is 0 Å². The Labute approximate surface area is 104 Å². The maximum absolute atomic E-state index is 3.79. The van der Waals surface area contributed by atoms with Crippen molar-refractivity contribution in [1.29, 1.82) is 0 Å². The van der Waals surface area contributed by atoms with Crippen LogP contribution < -0.4 is 4.98 Å². The first-order chi connectivity index (χ1) is 5.86. The number of hydrogen-bond acceptors (Lipinski definition) is 2. The Morgan fingerprint density at radius 3 is 1.57 bits per heavy atom. The summed E-state index contributed by atoms with van der Waals surface area (Å²) in [4.78, 5) is 3.79. The Bertz CT molecular complexity index is 191. The monoisotopic (exact) mass is 321 g/mol. The van der Waals surface area contributed by atoms with Gasteiger partial charge in [0.15, 0.2) is 0 Å². The van der Waals surface area contributed by atoms with Gasteiger partial charge in [-0.3, -0.25) is 0 Å². The molecule has 0 aromatic rings. The molecule has 0 aliphatic carbocycles. The van der Waals surface area contributed by atoms with Crippen molar-refractivity contribution in [1.82, 2.24) is 7.77 Å². The normalized spacial score (nSPS) is 14.9. The van der Waals surface area contributed by atoms with Crippen molar-refractivity contribution in [3.63, 3.8) is 0 Å².